The lowest BCUT2D eigenvalue weighted by atomic mass is 10.1. The van der Waals surface area contributed by atoms with Crippen molar-refractivity contribution in [3.05, 3.63) is 29.3 Å². The van der Waals surface area contributed by atoms with E-state index < -0.39 is 50.5 Å². The van der Waals surface area contributed by atoms with Crippen LogP contribution in [-0.4, -0.2) is 48.2 Å². The second-order valence-corrected chi connectivity index (χ2v) is 5.27. The maximum Gasteiger partial charge on any atom is 0.337 e. The van der Waals surface area contributed by atoms with Crippen molar-refractivity contribution in [1.29, 1.82) is 0 Å². The normalized spacial score (nSPS) is 11.0. The van der Waals surface area contributed by atoms with Crippen LogP contribution >= 0.6 is 0 Å². The predicted molar refractivity (Wildman–Crippen MR) is 63.2 cm³/mol. The second-order valence-electron chi connectivity index (χ2n) is 3.54. The Kier molecular flexibility index (Phi) is 4.42. The highest BCUT2D eigenvalue weighted by molar-refractivity contribution is 7.89. The number of carboxylic acid groups (broad SMARTS) is 3. The average molecular weight is 303 g/mol. The molecule has 0 saturated carbocycles. The van der Waals surface area contributed by atoms with E-state index in [0.29, 0.717) is 6.07 Å². The van der Waals surface area contributed by atoms with E-state index >= 15 is 0 Å². The minimum atomic E-state index is -4.46. The van der Waals surface area contributed by atoms with Crippen molar-refractivity contribution in [1.82, 2.24) is 4.72 Å². The van der Waals surface area contributed by atoms with Crippen LogP contribution in [0.1, 0.15) is 20.7 Å². The summed E-state index contributed by atoms with van der Waals surface area (Å²) < 4.78 is 25.3. The number of aliphatic carboxylic acids is 1. The Labute approximate surface area is 112 Å². The molecule has 0 amide bonds. The first-order valence-electron chi connectivity index (χ1n) is 4.97. The molecule has 1 aromatic rings. The molecule has 9 nitrogen and oxygen atoms in total. The molecule has 20 heavy (non-hydrogen) atoms. The summed E-state index contributed by atoms with van der Waals surface area (Å²) in [6, 6.07) is 2.40. The van der Waals surface area contributed by atoms with E-state index in [1.807, 2.05) is 0 Å². The quantitative estimate of drug-likeness (QED) is 0.544. The molecule has 0 atom stereocenters. The van der Waals surface area contributed by atoms with Gasteiger partial charge in [0.25, 0.3) is 0 Å². The van der Waals surface area contributed by atoms with E-state index in [-0.39, 0.29) is 0 Å². The minimum Gasteiger partial charge on any atom is -0.480 e. The topological polar surface area (TPSA) is 158 Å². The summed E-state index contributed by atoms with van der Waals surface area (Å²) in [5.41, 5.74) is -1.10. The number of carboxylic acids is 3. The van der Waals surface area contributed by atoms with Gasteiger partial charge >= 0.3 is 17.9 Å². The van der Waals surface area contributed by atoms with Crippen LogP contribution in [0.3, 0.4) is 0 Å². The maximum absolute atomic E-state index is 11.8. The molecule has 0 saturated heterocycles. The lowest BCUT2D eigenvalue weighted by Gasteiger charge is -2.08. The third kappa shape index (κ3) is 3.52. The van der Waals surface area contributed by atoms with Crippen LogP contribution in [0.25, 0.3) is 0 Å². The zero-order valence-electron chi connectivity index (χ0n) is 9.73. The number of hydrogen-bond donors (Lipinski definition) is 4. The molecule has 0 heterocycles. The van der Waals surface area contributed by atoms with Crippen LogP contribution < -0.4 is 4.72 Å². The Morgan fingerprint density at radius 1 is 1.05 bits per heavy atom. The number of carbonyl (C=O) groups is 3. The molecule has 0 unspecified atom stereocenters. The van der Waals surface area contributed by atoms with Gasteiger partial charge in [0.1, 0.15) is 6.54 Å². The van der Waals surface area contributed by atoms with E-state index in [4.69, 9.17) is 15.3 Å². The molecule has 1 rings (SSSR count). The number of nitrogens with one attached hydrogen (secondary N) is 1. The first-order valence-corrected chi connectivity index (χ1v) is 6.45. The molecule has 0 fully saturated rings. The number of benzene rings is 1. The van der Waals surface area contributed by atoms with Crippen LogP contribution in [0.5, 0.6) is 0 Å². The Balaban J connectivity index is 3.39. The van der Waals surface area contributed by atoms with Crippen molar-refractivity contribution in [2.24, 2.45) is 0 Å². The average Bonchev–Trinajstić information content (AvgIpc) is 2.35. The SMILES string of the molecule is O=C(O)CNS(=O)(=O)c1cc(C(=O)O)ccc1C(=O)O. The lowest BCUT2D eigenvalue weighted by Crippen LogP contribution is -2.30. The molecule has 0 aliphatic rings. The fourth-order valence-corrected chi connectivity index (χ4v) is 2.48. The molecule has 0 aliphatic carbocycles. The van der Waals surface area contributed by atoms with E-state index in [1.165, 1.54) is 0 Å². The monoisotopic (exact) mass is 303 g/mol. The van der Waals surface area contributed by atoms with Crippen molar-refractivity contribution in [3.63, 3.8) is 0 Å². The molecule has 0 radical (unpaired) electrons. The van der Waals surface area contributed by atoms with Crippen molar-refractivity contribution in [2.45, 2.75) is 4.90 Å². The van der Waals surface area contributed by atoms with Crippen molar-refractivity contribution in [3.8, 4) is 0 Å². The van der Waals surface area contributed by atoms with Gasteiger partial charge in [-0.2, -0.15) is 4.72 Å². The highest BCUT2D eigenvalue weighted by atomic mass is 32.2. The van der Waals surface area contributed by atoms with E-state index in [2.05, 4.69) is 0 Å². The van der Waals surface area contributed by atoms with E-state index in [9.17, 15) is 22.8 Å². The van der Waals surface area contributed by atoms with Gasteiger partial charge in [0.05, 0.1) is 16.0 Å². The first-order chi connectivity index (χ1) is 9.15. The molecular formula is C10H9NO8S. The van der Waals surface area contributed by atoms with Gasteiger partial charge in [-0.15, -0.1) is 0 Å². The number of sulfonamides is 1. The summed E-state index contributed by atoms with van der Waals surface area (Å²) in [6.07, 6.45) is 0. The molecule has 0 bridgehead atoms. The fourth-order valence-electron chi connectivity index (χ4n) is 1.29. The largest absolute Gasteiger partial charge is 0.480 e. The van der Waals surface area contributed by atoms with E-state index in [0.717, 1.165) is 12.1 Å². The van der Waals surface area contributed by atoms with Gasteiger partial charge in [-0.05, 0) is 18.2 Å². The summed E-state index contributed by atoms with van der Waals surface area (Å²) in [4.78, 5) is 31.2. The summed E-state index contributed by atoms with van der Waals surface area (Å²) in [6.45, 7) is -0.960. The molecule has 0 spiro atoms. The zero-order chi connectivity index (χ0) is 15.5. The predicted octanol–water partition coefficient (Wildman–Crippen LogP) is -0.554. The van der Waals surface area contributed by atoms with Crippen LogP contribution in [0.15, 0.2) is 23.1 Å². The third-order valence-electron chi connectivity index (χ3n) is 2.16. The number of rotatable bonds is 6. The molecule has 10 heteroatoms. The molecule has 1 aromatic carbocycles. The van der Waals surface area contributed by atoms with Crippen molar-refractivity contribution in [2.75, 3.05) is 6.54 Å². The lowest BCUT2D eigenvalue weighted by molar-refractivity contribution is -0.135. The summed E-state index contributed by atoms with van der Waals surface area (Å²) in [5.74, 6) is -4.51. The van der Waals surface area contributed by atoms with Gasteiger partial charge < -0.3 is 15.3 Å². The van der Waals surface area contributed by atoms with Crippen LogP contribution in [0.2, 0.25) is 0 Å². The van der Waals surface area contributed by atoms with Gasteiger partial charge in [0, 0.05) is 0 Å². The van der Waals surface area contributed by atoms with Crippen LogP contribution in [0.4, 0.5) is 0 Å². The summed E-state index contributed by atoms with van der Waals surface area (Å²) in [7, 11) is -4.46. The Hall–Kier alpha value is -2.46. The van der Waals surface area contributed by atoms with Gasteiger partial charge in [-0.25, -0.2) is 18.0 Å². The maximum atomic E-state index is 11.8. The molecule has 4 N–H and O–H groups in total. The Morgan fingerprint density at radius 2 is 1.65 bits per heavy atom. The Bertz CT molecular complexity index is 678. The van der Waals surface area contributed by atoms with Gasteiger partial charge in [-0.1, -0.05) is 0 Å². The zero-order valence-corrected chi connectivity index (χ0v) is 10.5. The smallest absolute Gasteiger partial charge is 0.337 e. The molecule has 0 aromatic heterocycles. The highest BCUT2D eigenvalue weighted by Gasteiger charge is 2.24. The summed E-state index contributed by atoms with van der Waals surface area (Å²) >= 11 is 0. The van der Waals surface area contributed by atoms with Crippen molar-refractivity contribution >= 4 is 27.9 Å². The minimum absolute atomic E-state index is 0.439. The number of aromatic carboxylic acids is 2. The van der Waals surface area contributed by atoms with Gasteiger partial charge in [-0.3, -0.25) is 4.79 Å². The van der Waals surface area contributed by atoms with Gasteiger partial charge in [0.15, 0.2) is 0 Å². The standard InChI is InChI=1S/C10H9NO8S/c12-8(13)4-11-20(18,19)7-3-5(9(14)15)1-2-6(7)10(16)17/h1-3,11H,4H2,(H,12,13)(H,14,15)(H,16,17). The third-order valence-corrected chi connectivity index (χ3v) is 3.60. The highest BCUT2D eigenvalue weighted by Crippen LogP contribution is 2.18. The molecule has 0 aliphatic heterocycles. The van der Waals surface area contributed by atoms with Crippen LogP contribution in [0, 0.1) is 0 Å². The fraction of sp³-hybridized carbons (Fsp3) is 0.100. The van der Waals surface area contributed by atoms with Crippen molar-refractivity contribution < 1.29 is 38.1 Å². The number of hydrogen-bond acceptors (Lipinski definition) is 5. The molecule has 108 valence electrons. The van der Waals surface area contributed by atoms with E-state index in [1.54, 1.807) is 4.72 Å². The molecular weight excluding hydrogens is 294 g/mol. The summed E-state index contributed by atoms with van der Waals surface area (Å²) in [5, 5.41) is 26.1. The first kappa shape index (κ1) is 15.6. The van der Waals surface area contributed by atoms with Crippen LogP contribution in [-0.2, 0) is 14.8 Å². The second kappa shape index (κ2) is 5.67. The van der Waals surface area contributed by atoms with Gasteiger partial charge in [0.2, 0.25) is 10.0 Å². The Morgan fingerprint density at radius 3 is 2.10 bits per heavy atom.